The van der Waals surface area contributed by atoms with Crippen LogP contribution in [0.4, 0.5) is 4.79 Å². The van der Waals surface area contributed by atoms with Crippen molar-refractivity contribution >= 4 is 39.7 Å². The molecule has 0 aromatic heterocycles. The first-order chi connectivity index (χ1) is 4.76. The zero-order valence-electron chi connectivity index (χ0n) is 6.39. The number of carbonyl (C=O) groups excluding carboxylic acids is 1. The lowest BCUT2D eigenvalue weighted by Crippen LogP contribution is -2.38. The molecule has 0 saturated carbocycles. The molecule has 0 spiro atoms. The summed E-state index contributed by atoms with van der Waals surface area (Å²) in [6.45, 7) is 2.82. The molecule has 0 rings (SSSR count). The van der Waals surface area contributed by atoms with E-state index in [1.54, 1.807) is 0 Å². The fourth-order valence-corrected chi connectivity index (χ4v) is 1.73. The summed E-state index contributed by atoms with van der Waals surface area (Å²) in [5.74, 6) is 0. The Morgan fingerprint density at radius 3 is 1.83 bits per heavy atom. The molecule has 5 nitrogen and oxygen atoms in total. The van der Waals surface area contributed by atoms with E-state index in [4.69, 9.17) is 16.2 Å². The zero-order chi connectivity index (χ0) is 9.23. The highest BCUT2D eigenvalue weighted by atomic mass is 35.5. The summed E-state index contributed by atoms with van der Waals surface area (Å²) < 4.78 is 29.4. The monoisotopic (exact) mass is 237 g/mol. The molecule has 0 aliphatic carbocycles. The van der Waals surface area contributed by atoms with Gasteiger partial charge in [-0.25, -0.2) is 4.31 Å². The fraction of sp³-hybridized carbons (Fsp3) is 0.750. The van der Waals surface area contributed by atoms with E-state index >= 15 is 0 Å². The number of hydrogen-bond acceptors (Lipinski definition) is 3. The minimum absolute atomic E-state index is 0. The maximum absolute atomic E-state index is 10.4. The van der Waals surface area contributed by atoms with Gasteiger partial charge in [0.1, 0.15) is 0 Å². The second kappa shape index (κ2) is 4.86. The van der Waals surface area contributed by atoms with Crippen molar-refractivity contribution in [3.63, 3.8) is 0 Å². The van der Waals surface area contributed by atoms with Gasteiger partial charge in [-0.05, 0) is 25.4 Å². The number of nitrogens with zero attached hydrogens (tertiary/aromatic N) is 1. The quantitative estimate of drug-likeness (QED) is 0.446. The number of carbonyl (C=O) groups is 1. The first kappa shape index (κ1) is 14.5. The van der Waals surface area contributed by atoms with E-state index in [1.807, 2.05) is 0 Å². The van der Waals surface area contributed by atoms with Crippen LogP contribution in [0.25, 0.3) is 0 Å². The maximum atomic E-state index is 10.4. The highest BCUT2D eigenvalue weighted by Gasteiger charge is 2.26. The Morgan fingerprint density at radius 1 is 1.50 bits per heavy atom. The maximum Gasteiger partial charge on any atom is 0.363 e. The van der Waals surface area contributed by atoms with Gasteiger partial charge < -0.3 is 0 Å². The Morgan fingerprint density at radius 2 is 1.83 bits per heavy atom. The van der Waals surface area contributed by atoms with E-state index in [9.17, 15) is 13.2 Å². The zero-order valence-corrected chi connectivity index (χ0v) is 8.78. The SMILES string of the molecule is CC(C)N(C(=O)Cl)S(=O)(=O)O.Cl. The van der Waals surface area contributed by atoms with Crippen molar-refractivity contribution in [1.82, 2.24) is 4.31 Å². The van der Waals surface area contributed by atoms with E-state index in [0.29, 0.717) is 0 Å². The highest BCUT2D eigenvalue weighted by molar-refractivity contribution is 7.84. The summed E-state index contributed by atoms with van der Waals surface area (Å²) in [5.41, 5.74) is 0. The van der Waals surface area contributed by atoms with Crippen LogP contribution in [0.3, 0.4) is 0 Å². The van der Waals surface area contributed by atoms with E-state index in [2.05, 4.69) is 0 Å². The molecule has 0 aromatic carbocycles. The lowest BCUT2D eigenvalue weighted by atomic mass is 10.4. The molecule has 0 saturated heterocycles. The van der Waals surface area contributed by atoms with Crippen LogP contribution in [0.1, 0.15) is 13.8 Å². The molecular formula is C4H9Cl2NO4S. The van der Waals surface area contributed by atoms with Crippen LogP contribution in [0.15, 0.2) is 0 Å². The molecule has 0 aliphatic rings. The van der Waals surface area contributed by atoms with Gasteiger partial charge in [-0.2, -0.15) is 8.42 Å². The predicted molar refractivity (Wildman–Crippen MR) is 47.0 cm³/mol. The van der Waals surface area contributed by atoms with E-state index in [-0.39, 0.29) is 16.7 Å². The molecule has 0 bridgehead atoms. The Balaban J connectivity index is 0. The molecule has 1 amide bonds. The van der Waals surface area contributed by atoms with E-state index < -0.39 is 21.7 Å². The predicted octanol–water partition coefficient (Wildman–Crippen LogP) is 1.28. The smallest absolute Gasteiger partial charge is 0.269 e. The average Bonchev–Trinajstić information content (AvgIpc) is 1.54. The number of halogens is 2. The number of rotatable bonds is 2. The number of hydrogen-bond donors (Lipinski definition) is 1. The molecule has 0 aliphatic heterocycles. The van der Waals surface area contributed by atoms with E-state index in [0.717, 1.165) is 0 Å². The molecule has 0 heterocycles. The summed E-state index contributed by atoms with van der Waals surface area (Å²) >= 11 is 4.87. The van der Waals surface area contributed by atoms with Gasteiger partial charge in [-0.3, -0.25) is 9.35 Å². The van der Waals surface area contributed by atoms with Crippen molar-refractivity contribution in [2.24, 2.45) is 0 Å². The number of amides is 1. The molecule has 74 valence electrons. The van der Waals surface area contributed by atoms with Gasteiger partial charge in [0.2, 0.25) is 0 Å². The molecule has 0 radical (unpaired) electrons. The first-order valence-corrected chi connectivity index (χ1v) is 4.50. The normalized spacial score (nSPS) is 10.8. The second-order valence-electron chi connectivity index (χ2n) is 2.12. The van der Waals surface area contributed by atoms with Gasteiger partial charge in [0.15, 0.2) is 0 Å². The van der Waals surface area contributed by atoms with Gasteiger partial charge >= 0.3 is 15.7 Å². The van der Waals surface area contributed by atoms with Gasteiger partial charge in [-0.1, -0.05) is 0 Å². The summed E-state index contributed by atoms with van der Waals surface area (Å²) in [7, 11) is -4.51. The van der Waals surface area contributed by atoms with Crippen LogP contribution in [0, 0.1) is 0 Å². The van der Waals surface area contributed by atoms with Crippen molar-refractivity contribution < 1.29 is 17.8 Å². The van der Waals surface area contributed by atoms with Crippen LogP contribution >= 0.6 is 24.0 Å². The minimum Gasteiger partial charge on any atom is -0.269 e. The molecular weight excluding hydrogens is 229 g/mol. The van der Waals surface area contributed by atoms with Crippen LogP contribution in [-0.2, 0) is 10.3 Å². The van der Waals surface area contributed by atoms with Crippen molar-refractivity contribution in [2.45, 2.75) is 19.9 Å². The third kappa shape index (κ3) is 4.10. The van der Waals surface area contributed by atoms with Crippen LogP contribution < -0.4 is 0 Å². The largest absolute Gasteiger partial charge is 0.363 e. The highest BCUT2D eigenvalue weighted by Crippen LogP contribution is 2.07. The minimum atomic E-state index is -4.51. The summed E-state index contributed by atoms with van der Waals surface area (Å²) in [4.78, 5) is 10.4. The molecule has 0 unspecified atom stereocenters. The first-order valence-electron chi connectivity index (χ1n) is 2.73. The average molecular weight is 238 g/mol. The topological polar surface area (TPSA) is 74.7 Å². The van der Waals surface area contributed by atoms with Crippen LogP contribution in [0.5, 0.6) is 0 Å². The molecule has 12 heavy (non-hydrogen) atoms. The fourth-order valence-electron chi connectivity index (χ4n) is 0.560. The Bertz CT molecular complexity index is 250. The van der Waals surface area contributed by atoms with Crippen LogP contribution in [0.2, 0.25) is 0 Å². The second-order valence-corrected chi connectivity index (χ2v) is 3.73. The summed E-state index contributed by atoms with van der Waals surface area (Å²) in [5, 5.41) is -1.22. The van der Waals surface area contributed by atoms with Gasteiger partial charge in [0.25, 0.3) is 0 Å². The molecule has 8 heteroatoms. The van der Waals surface area contributed by atoms with Crippen molar-refractivity contribution in [2.75, 3.05) is 0 Å². The van der Waals surface area contributed by atoms with Gasteiger partial charge in [-0.15, -0.1) is 12.4 Å². The van der Waals surface area contributed by atoms with Crippen molar-refractivity contribution in [1.29, 1.82) is 0 Å². The standard InChI is InChI=1S/C4H8ClNO4S.ClH/c1-3(2)6(4(5)7)11(8,9)10;/h3H,1-2H3,(H,8,9,10);1H. The van der Waals surface area contributed by atoms with Crippen molar-refractivity contribution in [3.8, 4) is 0 Å². The van der Waals surface area contributed by atoms with Gasteiger partial charge in [0.05, 0.1) is 0 Å². The molecule has 0 aromatic rings. The molecule has 0 atom stereocenters. The Kier molecular flexibility index (Phi) is 5.86. The van der Waals surface area contributed by atoms with Crippen molar-refractivity contribution in [3.05, 3.63) is 0 Å². The summed E-state index contributed by atoms with van der Waals surface area (Å²) in [6, 6.07) is -0.685. The third-order valence-corrected chi connectivity index (χ3v) is 2.26. The Labute approximate surface area is 82.0 Å². The lowest BCUT2D eigenvalue weighted by molar-refractivity contribution is 0.234. The Hall–Kier alpha value is -0.0400. The third-order valence-electron chi connectivity index (χ3n) is 0.891. The molecule has 0 fully saturated rings. The van der Waals surface area contributed by atoms with E-state index in [1.165, 1.54) is 13.8 Å². The summed E-state index contributed by atoms with van der Waals surface area (Å²) in [6.07, 6.45) is 0. The molecule has 1 N–H and O–H groups in total. The lowest BCUT2D eigenvalue weighted by Gasteiger charge is -2.18. The van der Waals surface area contributed by atoms with Crippen LogP contribution in [-0.4, -0.2) is 28.7 Å². The van der Waals surface area contributed by atoms with Gasteiger partial charge in [0, 0.05) is 6.04 Å².